The smallest absolute Gasteiger partial charge is 0.264 e. The molecule has 0 fully saturated rings. The summed E-state index contributed by atoms with van der Waals surface area (Å²) in [7, 11) is 0. The molecule has 0 spiro atoms. The molecule has 0 radical (unpaired) electrons. The average Bonchev–Trinajstić information content (AvgIpc) is 2.32. The first-order valence-corrected chi connectivity index (χ1v) is 5.39. The van der Waals surface area contributed by atoms with Crippen LogP contribution in [0.3, 0.4) is 0 Å². The molecule has 0 atom stereocenters. The monoisotopic (exact) mass is 229 g/mol. The Balaban J connectivity index is 2.23. The summed E-state index contributed by atoms with van der Waals surface area (Å²) < 4.78 is 1.90. The average molecular weight is 229 g/mol. The maximum Gasteiger partial charge on any atom is 0.286 e. The highest BCUT2D eigenvalue weighted by Crippen LogP contribution is 2.00. The molecular formula is C13H13N2O2+. The molecule has 4 heteroatoms. The van der Waals surface area contributed by atoms with Gasteiger partial charge in [0.05, 0.1) is 0 Å². The Morgan fingerprint density at radius 2 is 1.76 bits per heavy atom. The second-order valence-electron chi connectivity index (χ2n) is 3.80. The van der Waals surface area contributed by atoms with Gasteiger partial charge in [0.25, 0.3) is 12.2 Å². The van der Waals surface area contributed by atoms with E-state index in [1.165, 1.54) is 0 Å². The van der Waals surface area contributed by atoms with Gasteiger partial charge in [0.15, 0.2) is 12.7 Å². The minimum absolute atomic E-state index is 0.145. The summed E-state index contributed by atoms with van der Waals surface area (Å²) in [4.78, 5) is 10.3. The van der Waals surface area contributed by atoms with E-state index in [0.29, 0.717) is 12.2 Å². The van der Waals surface area contributed by atoms with Crippen molar-refractivity contribution in [1.82, 2.24) is 0 Å². The highest BCUT2D eigenvalue weighted by atomic mass is 16.6. The standard InChI is InChI=1S/C13H13N2O2/c16-15(17)11-13-8-4-5-9-14(13)10-12-6-2-1-3-7-12/h1-9H,10-11H2/q+1. The van der Waals surface area contributed by atoms with Crippen molar-refractivity contribution in [3.05, 3.63) is 76.1 Å². The molecule has 0 amide bonds. The van der Waals surface area contributed by atoms with Crippen molar-refractivity contribution in [2.45, 2.75) is 13.1 Å². The molecule has 0 aliphatic rings. The van der Waals surface area contributed by atoms with E-state index in [1.807, 2.05) is 53.2 Å². The third-order valence-corrected chi connectivity index (χ3v) is 2.52. The topological polar surface area (TPSA) is 47.0 Å². The number of nitrogens with zero attached hydrogens (tertiary/aromatic N) is 2. The van der Waals surface area contributed by atoms with Gasteiger partial charge < -0.3 is 0 Å². The van der Waals surface area contributed by atoms with E-state index in [0.717, 1.165) is 5.56 Å². The van der Waals surface area contributed by atoms with E-state index in [-0.39, 0.29) is 11.5 Å². The maximum atomic E-state index is 10.6. The number of hydrogen-bond acceptors (Lipinski definition) is 2. The summed E-state index contributed by atoms with van der Waals surface area (Å²) in [5.74, 6) is 0. The number of nitro groups is 1. The minimum Gasteiger partial charge on any atom is -0.264 e. The summed E-state index contributed by atoms with van der Waals surface area (Å²) in [6, 6.07) is 15.4. The van der Waals surface area contributed by atoms with Crippen molar-refractivity contribution in [3.8, 4) is 0 Å². The lowest BCUT2D eigenvalue weighted by molar-refractivity contribution is -0.708. The van der Waals surface area contributed by atoms with Gasteiger partial charge in [-0.1, -0.05) is 30.3 Å². The number of benzene rings is 1. The fourth-order valence-corrected chi connectivity index (χ4v) is 1.72. The number of aromatic nitrogens is 1. The highest BCUT2D eigenvalue weighted by Gasteiger charge is 2.15. The summed E-state index contributed by atoms with van der Waals surface area (Å²) in [6.07, 6.45) is 1.87. The minimum atomic E-state index is -0.309. The molecule has 0 N–H and O–H groups in total. The van der Waals surface area contributed by atoms with Gasteiger partial charge in [0.1, 0.15) is 0 Å². The van der Waals surface area contributed by atoms with Crippen molar-refractivity contribution >= 4 is 0 Å². The zero-order valence-corrected chi connectivity index (χ0v) is 9.32. The van der Waals surface area contributed by atoms with Gasteiger partial charge in [-0.25, -0.2) is 0 Å². The van der Waals surface area contributed by atoms with Crippen LogP contribution in [0.5, 0.6) is 0 Å². The van der Waals surface area contributed by atoms with Gasteiger partial charge in [-0.2, -0.15) is 4.57 Å². The molecule has 1 aromatic carbocycles. The lowest BCUT2D eigenvalue weighted by Gasteiger charge is -2.00. The first-order valence-electron chi connectivity index (χ1n) is 5.39. The SMILES string of the molecule is O=[N+]([O-])Cc1cccc[n+]1Cc1ccccc1. The normalized spacial score (nSPS) is 10.1. The first-order chi connectivity index (χ1) is 8.25. The molecule has 1 heterocycles. The van der Waals surface area contributed by atoms with E-state index in [9.17, 15) is 10.1 Å². The summed E-state index contributed by atoms with van der Waals surface area (Å²) in [5.41, 5.74) is 1.84. The zero-order chi connectivity index (χ0) is 12.1. The third-order valence-electron chi connectivity index (χ3n) is 2.52. The van der Waals surface area contributed by atoms with E-state index in [2.05, 4.69) is 0 Å². The number of hydrogen-bond donors (Lipinski definition) is 0. The first kappa shape index (κ1) is 11.3. The predicted octanol–water partition coefficient (Wildman–Crippen LogP) is 1.80. The molecule has 0 aliphatic heterocycles. The lowest BCUT2D eigenvalue weighted by atomic mass is 10.2. The fourth-order valence-electron chi connectivity index (χ4n) is 1.72. The van der Waals surface area contributed by atoms with Crippen LogP contribution in [0, 0.1) is 10.1 Å². The van der Waals surface area contributed by atoms with Crippen molar-refractivity contribution < 1.29 is 9.49 Å². The Hall–Kier alpha value is -2.23. The molecule has 0 saturated heterocycles. The molecule has 86 valence electrons. The van der Waals surface area contributed by atoms with Gasteiger partial charge in [-0.15, -0.1) is 0 Å². The van der Waals surface area contributed by atoms with Crippen LogP contribution in [0.15, 0.2) is 54.7 Å². The van der Waals surface area contributed by atoms with Gasteiger partial charge >= 0.3 is 0 Å². The van der Waals surface area contributed by atoms with Crippen LogP contribution in [0.2, 0.25) is 0 Å². The third kappa shape index (κ3) is 3.11. The van der Waals surface area contributed by atoms with Crippen LogP contribution in [-0.4, -0.2) is 4.92 Å². The molecule has 1 aromatic heterocycles. The Bertz CT molecular complexity index is 512. The molecule has 0 saturated carbocycles. The van der Waals surface area contributed by atoms with Crippen LogP contribution in [0.1, 0.15) is 11.3 Å². The Kier molecular flexibility index (Phi) is 3.45. The van der Waals surface area contributed by atoms with Gasteiger partial charge in [-0.3, -0.25) is 10.1 Å². The van der Waals surface area contributed by atoms with E-state index in [4.69, 9.17) is 0 Å². The predicted molar refractivity (Wildman–Crippen MR) is 62.9 cm³/mol. The second-order valence-corrected chi connectivity index (χ2v) is 3.80. The van der Waals surface area contributed by atoms with Crippen LogP contribution in [0.25, 0.3) is 0 Å². The van der Waals surface area contributed by atoms with Gasteiger partial charge in [-0.05, 0) is 6.07 Å². The van der Waals surface area contributed by atoms with Crippen LogP contribution >= 0.6 is 0 Å². The molecule has 17 heavy (non-hydrogen) atoms. The Morgan fingerprint density at radius 3 is 2.47 bits per heavy atom. The summed E-state index contributed by atoms with van der Waals surface area (Å²) >= 11 is 0. The van der Waals surface area contributed by atoms with Crippen LogP contribution in [0.4, 0.5) is 0 Å². The lowest BCUT2D eigenvalue weighted by Crippen LogP contribution is -2.39. The second kappa shape index (κ2) is 5.21. The van der Waals surface area contributed by atoms with Gasteiger partial charge in [0, 0.05) is 22.6 Å². The van der Waals surface area contributed by atoms with Crippen molar-refractivity contribution in [3.63, 3.8) is 0 Å². The molecule has 2 rings (SSSR count). The van der Waals surface area contributed by atoms with E-state index in [1.54, 1.807) is 6.07 Å². The molecule has 2 aromatic rings. The number of rotatable bonds is 4. The largest absolute Gasteiger partial charge is 0.286 e. The van der Waals surface area contributed by atoms with E-state index >= 15 is 0 Å². The molecule has 0 bridgehead atoms. The zero-order valence-electron chi connectivity index (χ0n) is 9.32. The van der Waals surface area contributed by atoms with Crippen LogP contribution < -0.4 is 4.57 Å². The summed E-state index contributed by atoms with van der Waals surface area (Å²) in [5, 5.41) is 10.6. The molecule has 0 aliphatic carbocycles. The number of pyridine rings is 1. The van der Waals surface area contributed by atoms with Crippen LogP contribution in [-0.2, 0) is 13.1 Å². The van der Waals surface area contributed by atoms with Crippen molar-refractivity contribution in [1.29, 1.82) is 0 Å². The van der Waals surface area contributed by atoms with E-state index < -0.39 is 0 Å². The Morgan fingerprint density at radius 1 is 1.06 bits per heavy atom. The maximum absolute atomic E-state index is 10.6. The fraction of sp³-hybridized carbons (Fsp3) is 0.154. The Labute approximate surface area is 99.3 Å². The van der Waals surface area contributed by atoms with Gasteiger partial charge in [0.2, 0.25) is 0 Å². The van der Waals surface area contributed by atoms with Crippen molar-refractivity contribution in [2.75, 3.05) is 0 Å². The quantitative estimate of drug-likeness (QED) is 0.456. The molecule has 0 unspecified atom stereocenters. The highest BCUT2D eigenvalue weighted by molar-refractivity contribution is 5.13. The molecular weight excluding hydrogens is 216 g/mol. The van der Waals surface area contributed by atoms with Crippen molar-refractivity contribution in [2.24, 2.45) is 0 Å². The summed E-state index contributed by atoms with van der Waals surface area (Å²) in [6.45, 7) is 0.512. The molecule has 4 nitrogen and oxygen atoms in total.